The monoisotopic (exact) mass is 375 g/mol. The molecule has 0 unspecified atom stereocenters. The van der Waals surface area contributed by atoms with Gasteiger partial charge in [-0.05, 0) is 32.0 Å². The predicted molar refractivity (Wildman–Crippen MR) is 94.5 cm³/mol. The van der Waals surface area contributed by atoms with E-state index in [4.69, 9.17) is 4.84 Å². The second-order valence-electron chi connectivity index (χ2n) is 5.56. The van der Waals surface area contributed by atoms with Gasteiger partial charge in [0.25, 0.3) is 5.92 Å². The first kappa shape index (κ1) is 18.0. The minimum Gasteiger partial charge on any atom is -0.315 e. The molecular formula is C17H15F2N5OS. The van der Waals surface area contributed by atoms with Gasteiger partial charge in [-0.2, -0.15) is 13.8 Å². The van der Waals surface area contributed by atoms with E-state index in [2.05, 4.69) is 25.1 Å². The van der Waals surface area contributed by atoms with Gasteiger partial charge in [-0.15, -0.1) is 11.3 Å². The van der Waals surface area contributed by atoms with Crippen LogP contribution >= 0.6 is 11.3 Å². The normalized spacial score (nSPS) is 12.3. The van der Waals surface area contributed by atoms with Crippen molar-refractivity contribution in [2.24, 2.45) is 5.16 Å². The van der Waals surface area contributed by atoms with Crippen molar-refractivity contribution in [1.29, 1.82) is 0 Å². The molecule has 26 heavy (non-hydrogen) atoms. The Labute approximate surface area is 152 Å². The Morgan fingerprint density at radius 2 is 2.04 bits per heavy atom. The SMILES string of the molecule is C/C(=N\Oc1nccc(C(C)(F)F)n1)c1sc(-c2cccnc2)nc1C. The fraction of sp³-hybridized carbons (Fsp3) is 0.235. The number of alkyl halides is 2. The van der Waals surface area contributed by atoms with E-state index in [-0.39, 0.29) is 6.01 Å². The summed E-state index contributed by atoms with van der Waals surface area (Å²) >= 11 is 1.44. The van der Waals surface area contributed by atoms with Crippen molar-refractivity contribution >= 4 is 17.0 Å². The number of thiazole rings is 1. The van der Waals surface area contributed by atoms with Crippen LogP contribution in [0.4, 0.5) is 8.78 Å². The molecule has 3 heterocycles. The van der Waals surface area contributed by atoms with Crippen LogP contribution in [0.5, 0.6) is 6.01 Å². The molecule has 0 saturated carbocycles. The summed E-state index contributed by atoms with van der Waals surface area (Å²) in [6.07, 6.45) is 4.63. The Balaban J connectivity index is 1.82. The standard InChI is InChI=1S/C17H15F2N5OS/c1-10-14(26-15(22-10)12-5-4-7-20-9-12)11(2)24-25-16-21-8-6-13(23-16)17(3,18)19/h4-9H,1-3H3/b24-11+. The summed E-state index contributed by atoms with van der Waals surface area (Å²) < 4.78 is 26.6. The molecular weight excluding hydrogens is 360 g/mol. The van der Waals surface area contributed by atoms with Crippen LogP contribution in [0.15, 0.2) is 41.9 Å². The molecule has 3 rings (SSSR count). The second kappa shape index (κ2) is 7.20. The van der Waals surface area contributed by atoms with Gasteiger partial charge in [0.05, 0.1) is 16.3 Å². The van der Waals surface area contributed by atoms with Crippen molar-refractivity contribution in [2.45, 2.75) is 26.7 Å². The molecule has 0 aliphatic rings. The topological polar surface area (TPSA) is 73.2 Å². The summed E-state index contributed by atoms with van der Waals surface area (Å²) in [5.74, 6) is -3.08. The van der Waals surface area contributed by atoms with Gasteiger partial charge in [-0.3, -0.25) is 4.98 Å². The van der Waals surface area contributed by atoms with Crippen LogP contribution in [-0.4, -0.2) is 25.6 Å². The lowest BCUT2D eigenvalue weighted by atomic mass is 10.3. The number of rotatable bonds is 5. The van der Waals surface area contributed by atoms with Crippen molar-refractivity contribution in [2.75, 3.05) is 0 Å². The molecule has 0 aromatic carbocycles. The number of aryl methyl sites for hydroxylation is 1. The smallest absolute Gasteiger partial charge is 0.315 e. The number of oxime groups is 1. The molecule has 0 atom stereocenters. The Morgan fingerprint density at radius 1 is 1.23 bits per heavy atom. The first-order chi connectivity index (χ1) is 12.3. The van der Waals surface area contributed by atoms with Crippen molar-refractivity contribution in [1.82, 2.24) is 19.9 Å². The molecule has 0 bridgehead atoms. The molecule has 3 aromatic rings. The average molecular weight is 375 g/mol. The number of hydrogen-bond donors (Lipinski definition) is 0. The van der Waals surface area contributed by atoms with Crippen molar-refractivity contribution < 1.29 is 13.6 Å². The summed E-state index contributed by atoms with van der Waals surface area (Å²) in [5, 5.41) is 4.77. The summed E-state index contributed by atoms with van der Waals surface area (Å²) in [4.78, 5) is 22.0. The average Bonchev–Trinajstić information content (AvgIpc) is 3.02. The predicted octanol–water partition coefficient (Wildman–Crippen LogP) is 4.22. The van der Waals surface area contributed by atoms with E-state index in [0.29, 0.717) is 5.71 Å². The van der Waals surface area contributed by atoms with Gasteiger partial charge in [0.1, 0.15) is 10.7 Å². The number of nitrogens with zero attached hydrogens (tertiary/aromatic N) is 5. The molecule has 0 radical (unpaired) electrons. The molecule has 6 nitrogen and oxygen atoms in total. The maximum absolute atomic E-state index is 13.3. The molecule has 0 spiro atoms. The highest BCUT2D eigenvalue weighted by atomic mass is 32.1. The van der Waals surface area contributed by atoms with Gasteiger partial charge >= 0.3 is 6.01 Å². The number of hydrogen-bond acceptors (Lipinski definition) is 7. The summed E-state index contributed by atoms with van der Waals surface area (Å²) in [6, 6.07) is 4.65. The molecule has 0 fully saturated rings. The highest BCUT2D eigenvalue weighted by molar-refractivity contribution is 7.17. The minimum absolute atomic E-state index is 0.238. The van der Waals surface area contributed by atoms with Crippen LogP contribution in [0.3, 0.4) is 0 Å². The van der Waals surface area contributed by atoms with E-state index in [9.17, 15) is 8.78 Å². The van der Waals surface area contributed by atoms with Crippen LogP contribution in [0.1, 0.15) is 30.1 Å². The largest absolute Gasteiger partial charge is 0.346 e. The molecule has 0 aliphatic carbocycles. The quantitative estimate of drug-likeness (QED) is 0.493. The van der Waals surface area contributed by atoms with Crippen LogP contribution in [0, 0.1) is 6.92 Å². The third-order valence-corrected chi connectivity index (χ3v) is 4.70. The van der Waals surface area contributed by atoms with Crippen molar-refractivity contribution in [3.63, 3.8) is 0 Å². The van der Waals surface area contributed by atoms with E-state index >= 15 is 0 Å². The third kappa shape index (κ3) is 4.05. The Morgan fingerprint density at radius 3 is 2.73 bits per heavy atom. The lowest BCUT2D eigenvalue weighted by Crippen LogP contribution is -2.10. The highest BCUT2D eigenvalue weighted by Crippen LogP contribution is 2.28. The molecule has 134 valence electrons. The minimum atomic E-state index is -3.08. The van der Waals surface area contributed by atoms with Crippen LogP contribution in [0.25, 0.3) is 10.6 Å². The molecule has 3 aromatic heterocycles. The zero-order valence-corrected chi connectivity index (χ0v) is 15.1. The van der Waals surface area contributed by atoms with Crippen LogP contribution in [0.2, 0.25) is 0 Å². The van der Waals surface area contributed by atoms with Crippen molar-refractivity contribution in [3.05, 3.63) is 53.1 Å². The second-order valence-corrected chi connectivity index (χ2v) is 6.56. The van der Waals surface area contributed by atoms with E-state index in [0.717, 1.165) is 34.1 Å². The van der Waals surface area contributed by atoms with Crippen LogP contribution in [-0.2, 0) is 5.92 Å². The molecule has 0 N–H and O–H groups in total. The third-order valence-electron chi connectivity index (χ3n) is 3.38. The Kier molecular flexibility index (Phi) is 4.99. The summed E-state index contributed by atoms with van der Waals surface area (Å²) in [7, 11) is 0. The van der Waals surface area contributed by atoms with E-state index in [1.165, 1.54) is 17.5 Å². The lowest BCUT2D eigenvalue weighted by molar-refractivity contribution is 0.0118. The zero-order chi connectivity index (χ0) is 18.7. The fourth-order valence-corrected chi connectivity index (χ4v) is 3.12. The molecule has 0 saturated heterocycles. The van der Waals surface area contributed by atoms with Crippen LogP contribution < -0.4 is 4.84 Å². The van der Waals surface area contributed by atoms with Gasteiger partial charge in [0.15, 0.2) is 0 Å². The van der Waals surface area contributed by atoms with E-state index in [1.54, 1.807) is 19.3 Å². The highest BCUT2D eigenvalue weighted by Gasteiger charge is 2.26. The van der Waals surface area contributed by atoms with E-state index in [1.807, 2.05) is 19.1 Å². The zero-order valence-electron chi connectivity index (χ0n) is 14.3. The summed E-state index contributed by atoms with van der Waals surface area (Å²) in [5.41, 5.74) is 1.81. The van der Waals surface area contributed by atoms with Gasteiger partial charge in [-0.25, -0.2) is 9.97 Å². The Hall–Kier alpha value is -2.81. The van der Waals surface area contributed by atoms with Crippen molar-refractivity contribution in [3.8, 4) is 16.6 Å². The number of halogens is 2. The first-order valence-corrected chi connectivity index (χ1v) is 8.47. The molecule has 0 aliphatic heterocycles. The van der Waals surface area contributed by atoms with Gasteiger partial charge in [0.2, 0.25) is 0 Å². The molecule has 0 amide bonds. The summed E-state index contributed by atoms with van der Waals surface area (Å²) in [6.45, 7) is 4.36. The number of aromatic nitrogens is 4. The lowest BCUT2D eigenvalue weighted by Gasteiger charge is -2.08. The maximum atomic E-state index is 13.3. The first-order valence-electron chi connectivity index (χ1n) is 7.66. The van der Waals surface area contributed by atoms with Gasteiger partial charge < -0.3 is 4.84 Å². The Bertz CT molecular complexity index is 938. The fourth-order valence-electron chi connectivity index (χ4n) is 2.12. The molecule has 9 heteroatoms. The maximum Gasteiger partial charge on any atom is 0.346 e. The van der Waals surface area contributed by atoms with Gasteiger partial charge in [-0.1, -0.05) is 5.16 Å². The van der Waals surface area contributed by atoms with Gasteiger partial charge in [0, 0.05) is 31.1 Å². The number of pyridine rings is 1. The van der Waals surface area contributed by atoms with E-state index < -0.39 is 11.6 Å².